The highest BCUT2D eigenvalue weighted by Crippen LogP contribution is 2.26. The molecule has 0 bridgehead atoms. The highest BCUT2D eigenvalue weighted by atomic mass is 19.1. The Morgan fingerprint density at radius 3 is 2.63 bits per heavy atom. The predicted octanol–water partition coefficient (Wildman–Crippen LogP) is 1.90. The van der Waals surface area contributed by atoms with Crippen LogP contribution >= 0.6 is 0 Å². The Balaban J connectivity index is 2.60. The van der Waals surface area contributed by atoms with E-state index in [0.29, 0.717) is 22.6 Å². The van der Waals surface area contributed by atoms with Gasteiger partial charge in [-0.3, -0.25) is 4.68 Å². The molecule has 5 nitrogen and oxygen atoms in total. The molecule has 0 saturated heterocycles. The standard InChI is InChI=1S/C13H14FN3O2/c1-7-4-10(14)9(5-8(7)13(18)19-3)11-6-12(15)17(2)16-11/h4-6H,15H2,1-3H3. The number of carbonyl (C=O) groups excluding carboxylic acids is 1. The number of rotatable bonds is 2. The van der Waals surface area contributed by atoms with E-state index in [-0.39, 0.29) is 5.56 Å². The SMILES string of the molecule is COC(=O)c1cc(-c2cc(N)n(C)n2)c(F)cc1C. The Morgan fingerprint density at radius 1 is 1.42 bits per heavy atom. The van der Waals surface area contributed by atoms with Crippen molar-refractivity contribution in [3.05, 3.63) is 35.1 Å². The third-order valence-electron chi connectivity index (χ3n) is 2.91. The van der Waals surface area contributed by atoms with Crippen molar-refractivity contribution in [3.63, 3.8) is 0 Å². The maximum atomic E-state index is 14.0. The Bertz CT molecular complexity index is 630. The number of esters is 1. The molecule has 0 saturated carbocycles. The van der Waals surface area contributed by atoms with Crippen molar-refractivity contribution in [2.75, 3.05) is 12.8 Å². The van der Waals surface area contributed by atoms with Gasteiger partial charge in [0, 0.05) is 18.7 Å². The minimum Gasteiger partial charge on any atom is -0.465 e. The van der Waals surface area contributed by atoms with E-state index in [1.807, 2.05) is 0 Å². The van der Waals surface area contributed by atoms with Gasteiger partial charge in [-0.05, 0) is 24.6 Å². The number of nitrogens with zero attached hydrogens (tertiary/aromatic N) is 2. The number of carbonyl (C=O) groups is 1. The molecule has 100 valence electrons. The van der Waals surface area contributed by atoms with Gasteiger partial charge in [-0.2, -0.15) is 5.10 Å². The second kappa shape index (κ2) is 4.72. The molecule has 0 aliphatic heterocycles. The average Bonchev–Trinajstić information content (AvgIpc) is 2.68. The lowest BCUT2D eigenvalue weighted by molar-refractivity contribution is 0.0600. The van der Waals surface area contributed by atoms with E-state index in [1.54, 1.807) is 20.0 Å². The summed E-state index contributed by atoms with van der Waals surface area (Å²) in [6.45, 7) is 1.64. The summed E-state index contributed by atoms with van der Waals surface area (Å²) in [5.74, 6) is -0.555. The third-order valence-corrected chi connectivity index (χ3v) is 2.91. The topological polar surface area (TPSA) is 70.1 Å². The molecular formula is C13H14FN3O2. The lowest BCUT2D eigenvalue weighted by atomic mass is 10.0. The monoisotopic (exact) mass is 263 g/mol. The fourth-order valence-corrected chi connectivity index (χ4v) is 1.81. The summed E-state index contributed by atoms with van der Waals surface area (Å²) in [6, 6.07) is 4.26. The molecule has 19 heavy (non-hydrogen) atoms. The number of benzene rings is 1. The lowest BCUT2D eigenvalue weighted by Gasteiger charge is -2.07. The molecule has 6 heteroatoms. The number of ether oxygens (including phenoxy) is 1. The first-order chi connectivity index (χ1) is 8.93. The highest BCUT2D eigenvalue weighted by Gasteiger charge is 2.17. The van der Waals surface area contributed by atoms with E-state index in [9.17, 15) is 9.18 Å². The van der Waals surface area contributed by atoms with Gasteiger partial charge in [0.25, 0.3) is 0 Å². The number of hydrogen-bond donors (Lipinski definition) is 1. The number of anilines is 1. The van der Waals surface area contributed by atoms with Gasteiger partial charge >= 0.3 is 5.97 Å². The van der Waals surface area contributed by atoms with Crippen LogP contribution < -0.4 is 5.73 Å². The molecule has 0 radical (unpaired) electrons. The van der Waals surface area contributed by atoms with Gasteiger partial charge in [-0.15, -0.1) is 0 Å². The van der Waals surface area contributed by atoms with Crippen LogP contribution in [0.2, 0.25) is 0 Å². The van der Waals surface area contributed by atoms with Crippen LogP contribution in [0.4, 0.5) is 10.2 Å². The highest BCUT2D eigenvalue weighted by molar-refractivity contribution is 5.92. The number of aryl methyl sites for hydroxylation is 2. The van der Waals surface area contributed by atoms with Crippen molar-refractivity contribution in [1.29, 1.82) is 0 Å². The minimum absolute atomic E-state index is 0.221. The predicted molar refractivity (Wildman–Crippen MR) is 69.1 cm³/mol. The molecular weight excluding hydrogens is 249 g/mol. The molecule has 1 heterocycles. The molecule has 0 amide bonds. The number of halogens is 1. The van der Waals surface area contributed by atoms with E-state index in [1.165, 1.54) is 23.9 Å². The molecule has 2 rings (SSSR count). The summed E-state index contributed by atoms with van der Waals surface area (Å²) in [7, 11) is 2.94. The first kappa shape index (κ1) is 13.1. The number of nitrogen functional groups attached to an aromatic ring is 1. The maximum Gasteiger partial charge on any atom is 0.338 e. The third kappa shape index (κ3) is 2.29. The molecule has 2 N–H and O–H groups in total. The van der Waals surface area contributed by atoms with Gasteiger partial charge in [0.15, 0.2) is 0 Å². The first-order valence-electron chi connectivity index (χ1n) is 5.62. The van der Waals surface area contributed by atoms with Crippen LogP contribution in [-0.4, -0.2) is 22.9 Å². The zero-order valence-corrected chi connectivity index (χ0v) is 10.9. The summed E-state index contributed by atoms with van der Waals surface area (Å²) < 4.78 is 20.1. The average molecular weight is 263 g/mol. The lowest BCUT2D eigenvalue weighted by Crippen LogP contribution is -2.05. The van der Waals surface area contributed by atoms with E-state index in [2.05, 4.69) is 9.84 Å². The van der Waals surface area contributed by atoms with Gasteiger partial charge in [-0.25, -0.2) is 9.18 Å². The van der Waals surface area contributed by atoms with Crippen LogP contribution in [-0.2, 0) is 11.8 Å². The number of nitrogens with two attached hydrogens (primary N) is 1. The van der Waals surface area contributed by atoms with Crippen LogP contribution in [0.25, 0.3) is 11.3 Å². The van der Waals surface area contributed by atoms with Gasteiger partial charge in [0.2, 0.25) is 0 Å². The summed E-state index contributed by atoms with van der Waals surface area (Å²) in [6.07, 6.45) is 0. The summed E-state index contributed by atoms with van der Waals surface area (Å²) in [5, 5.41) is 4.10. The Labute approximate surface area is 109 Å². The molecule has 0 aliphatic carbocycles. The zero-order valence-electron chi connectivity index (χ0n) is 10.9. The van der Waals surface area contributed by atoms with E-state index < -0.39 is 11.8 Å². The van der Waals surface area contributed by atoms with Crippen molar-refractivity contribution in [2.45, 2.75) is 6.92 Å². The first-order valence-corrected chi connectivity index (χ1v) is 5.62. The van der Waals surface area contributed by atoms with Crippen LogP contribution in [0.1, 0.15) is 15.9 Å². The fraction of sp³-hybridized carbons (Fsp3) is 0.231. The second-order valence-electron chi connectivity index (χ2n) is 4.22. The van der Waals surface area contributed by atoms with Crippen LogP contribution in [0.3, 0.4) is 0 Å². The molecule has 0 atom stereocenters. The van der Waals surface area contributed by atoms with Gasteiger partial charge in [0.05, 0.1) is 18.4 Å². The molecule has 0 unspecified atom stereocenters. The van der Waals surface area contributed by atoms with Gasteiger partial charge in [-0.1, -0.05) is 0 Å². The van der Waals surface area contributed by atoms with Gasteiger partial charge < -0.3 is 10.5 Å². The van der Waals surface area contributed by atoms with Crippen LogP contribution in [0.15, 0.2) is 18.2 Å². The number of aromatic nitrogens is 2. The van der Waals surface area contributed by atoms with E-state index >= 15 is 0 Å². The summed E-state index contributed by atoms with van der Waals surface area (Å²) in [5.41, 5.74) is 7.09. The smallest absolute Gasteiger partial charge is 0.338 e. The largest absolute Gasteiger partial charge is 0.465 e. The second-order valence-corrected chi connectivity index (χ2v) is 4.22. The molecule has 0 fully saturated rings. The number of methoxy groups -OCH3 is 1. The quantitative estimate of drug-likeness (QED) is 0.840. The molecule has 1 aromatic heterocycles. The summed E-state index contributed by atoms with van der Waals surface area (Å²) >= 11 is 0. The zero-order chi connectivity index (χ0) is 14.2. The molecule has 0 aliphatic rings. The van der Waals surface area contributed by atoms with Crippen molar-refractivity contribution in [3.8, 4) is 11.3 Å². The van der Waals surface area contributed by atoms with E-state index in [4.69, 9.17) is 5.73 Å². The fourth-order valence-electron chi connectivity index (χ4n) is 1.81. The molecule has 0 spiro atoms. The summed E-state index contributed by atoms with van der Waals surface area (Å²) in [4.78, 5) is 11.6. The molecule has 2 aromatic rings. The Kier molecular flexibility index (Phi) is 3.25. The van der Waals surface area contributed by atoms with Crippen molar-refractivity contribution < 1.29 is 13.9 Å². The van der Waals surface area contributed by atoms with Crippen molar-refractivity contribution >= 4 is 11.8 Å². The normalized spacial score (nSPS) is 10.5. The maximum absolute atomic E-state index is 14.0. The Hall–Kier alpha value is -2.37. The minimum atomic E-state index is -0.511. The van der Waals surface area contributed by atoms with Crippen molar-refractivity contribution in [2.24, 2.45) is 7.05 Å². The van der Waals surface area contributed by atoms with E-state index in [0.717, 1.165) is 0 Å². The van der Waals surface area contributed by atoms with Crippen LogP contribution in [0.5, 0.6) is 0 Å². The number of hydrogen-bond acceptors (Lipinski definition) is 4. The van der Waals surface area contributed by atoms with Crippen molar-refractivity contribution in [1.82, 2.24) is 9.78 Å². The van der Waals surface area contributed by atoms with Gasteiger partial charge in [0.1, 0.15) is 11.6 Å². The molecule has 1 aromatic carbocycles. The Morgan fingerprint density at radius 2 is 2.11 bits per heavy atom. The van der Waals surface area contributed by atoms with Crippen LogP contribution in [0, 0.1) is 12.7 Å².